The molecule has 0 amide bonds. The van der Waals surface area contributed by atoms with Crippen molar-refractivity contribution >= 4 is 18.0 Å². The molecule has 4 nitrogen and oxygen atoms in total. The van der Waals surface area contributed by atoms with Crippen molar-refractivity contribution in [2.45, 2.75) is 26.2 Å². The monoisotopic (exact) mass is 198 g/mol. The molecule has 0 rings (SSSR count). The molecule has 0 atom stereocenters. The molecule has 0 saturated heterocycles. The van der Waals surface area contributed by atoms with E-state index in [2.05, 4.69) is 4.74 Å². The Morgan fingerprint density at radius 2 is 2.00 bits per heavy atom. The van der Waals surface area contributed by atoms with Gasteiger partial charge in [0, 0.05) is 6.42 Å². The number of rotatable bonds is 7. The summed E-state index contributed by atoms with van der Waals surface area (Å²) in [6.07, 6.45) is 4.35. The summed E-state index contributed by atoms with van der Waals surface area (Å²) in [4.78, 5) is 31.7. The largest absolute Gasteiger partial charge is 0.466 e. The molecule has 0 spiro atoms. The average Bonchev–Trinajstić information content (AvgIpc) is 2.13. The number of hydrogen-bond acceptors (Lipinski definition) is 4. The van der Waals surface area contributed by atoms with Crippen LogP contribution in [0.1, 0.15) is 26.2 Å². The lowest BCUT2D eigenvalue weighted by atomic mass is 10.2. The molecule has 0 aliphatic heterocycles. The topological polar surface area (TPSA) is 60.4 Å². The van der Waals surface area contributed by atoms with Crippen LogP contribution in [0.4, 0.5) is 0 Å². The lowest BCUT2D eigenvalue weighted by Crippen LogP contribution is -2.09. The molecule has 14 heavy (non-hydrogen) atoms. The minimum Gasteiger partial charge on any atom is -0.466 e. The van der Waals surface area contributed by atoms with Crippen molar-refractivity contribution in [3.63, 3.8) is 0 Å². The zero-order valence-corrected chi connectivity index (χ0v) is 8.19. The van der Waals surface area contributed by atoms with E-state index in [0.29, 0.717) is 12.8 Å². The summed E-state index contributed by atoms with van der Waals surface area (Å²) in [6.45, 7) is 1.96. The predicted octanol–water partition coefficient (Wildman–Crippen LogP) is 1.04. The van der Waals surface area contributed by atoms with Crippen LogP contribution in [-0.4, -0.2) is 24.6 Å². The highest BCUT2D eigenvalue weighted by molar-refractivity contribution is 6.01. The van der Waals surface area contributed by atoms with E-state index < -0.39 is 5.97 Å². The average molecular weight is 198 g/mol. The van der Waals surface area contributed by atoms with Crippen LogP contribution in [0.25, 0.3) is 0 Å². The van der Waals surface area contributed by atoms with Gasteiger partial charge in [0.2, 0.25) is 0 Å². The highest BCUT2D eigenvalue weighted by Crippen LogP contribution is 1.93. The van der Waals surface area contributed by atoms with Gasteiger partial charge in [0.1, 0.15) is 12.7 Å². The number of allylic oxidation sites excluding steroid dienone is 2. The summed E-state index contributed by atoms with van der Waals surface area (Å²) >= 11 is 0. The minimum atomic E-state index is -0.516. The van der Waals surface area contributed by atoms with E-state index in [-0.39, 0.29) is 18.8 Å². The van der Waals surface area contributed by atoms with Crippen LogP contribution in [0.5, 0.6) is 0 Å². The van der Waals surface area contributed by atoms with Gasteiger partial charge in [0.25, 0.3) is 0 Å². The van der Waals surface area contributed by atoms with Gasteiger partial charge in [0.15, 0.2) is 5.78 Å². The fourth-order valence-electron chi connectivity index (χ4n) is 0.792. The van der Waals surface area contributed by atoms with Crippen LogP contribution in [0.3, 0.4) is 0 Å². The Morgan fingerprint density at radius 1 is 1.29 bits per heavy atom. The predicted molar refractivity (Wildman–Crippen MR) is 50.7 cm³/mol. The summed E-state index contributed by atoms with van der Waals surface area (Å²) in [5.41, 5.74) is 0. The number of unbranched alkanes of at least 4 members (excludes halogenated alkanes) is 1. The first-order valence-corrected chi connectivity index (χ1v) is 4.49. The van der Waals surface area contributed by atoms with Crippen molar-refractivity contribution in [3.05, 3.63) is 12.2 Å². The number of carbonyl (C=O) groups is 3. The van der Waals surface area contributed by atoms with Crippen molar-refractivity contribution in [1.29, 1.82) is 0 Å². The molecule has 0 fully saturated rings. The summed E-state index contributed by atoms with van der Waals surface area (Å²) in [5.74, 6) is -0.813. The Morgan fingerprint density at radius 3 is 2.57 bits per heavy atom. The second kappa shape index (κ2) is 8.16. The maximum atomic E-state index is 11.0. The Kier molecular flexibility index (Phi) is 7.32. The summed E-state index contributed by atoms with van der Waals surface area (Å²) < 4.78 is 4.59. The summed E-state index contributed by atoms with van der Waals surface area (Å²) in [7, 11) is 0. The van der Waals surface area contributed by atoms with Crippen LogP contribution in [0, 0.1) is 0 Å². The van der Waals surface area contributed by atoms with E-state index in [1.54, 1.807) is 13.0 Å². The van der Waals surface area contributed by atoms with E-state index in [1.165, 1.54) is 6.08 Å². The first-order chi connectivity index (χ1) is 6.70. The van der Waals surface area contributed by atoms with Gasteiger partial charge in [-0.3, -0.25) is 9.59 Å². The lowest BCUT2D eigenvalue weighted by molar-refractivity contribution is -0.144. The Balaban J connectivity index is 3.68. The molecule has 0 bridgehead atoms. The Bertz CT molecular complexity index is 230. The molecule has 0 aliphatic carbocycles. The van der Waals surface area contributed by atoms with E-state index in [0.717, 1.165) is 6.29 Å². The second-order valence-electron chi connectivity index (χ2n) is 2.59. The zero-order chi connectivity index (χ0) is 10.8. The van der Waals surface area contributed by atoms with Crippen molar-refractivity contribution in [2.75, 3.05) is 6.61 Å². The van der Waals surface area contributed by atoms with Gasteiger partial charge in [-0.2, -0.15) is 0 Å². The molecule has 4 heteroatoms. The van der Waals surface area contributed by atoms with Crippen LogP contribution in [0.15, 0.2) is 12.2 Å². The maximum absolute atomic E-state index is 11.0. The maximum Gasteiger partial charge on any atom is 0.313 e. The summed E-state index contributed by atoms with van der Waals surface area (Å²) in [5, 5.41) is 0. The molecular weight excluding hydrogens is 184 g/mol. The van der Waals surface area contributed by atoms with E-state index in [1.807, 2.05) is 0 Å². The number of ether oxygens (including phenoxy) is 1. The third kappa shape index (κ3) is 7.21. The van der Waals surface area contributed by atoms with Crippen LogP contribution in [-0.2, 0) is 19.1 Å². The molecule has 0 N–H and O–H groups in total. The number of ketones is 1. The molecule has 0 unspecified atom stereocenters. The van der Waals surface area contributed by atoms with Gasteiger partial charge in [-0.15, -0.1) is 0 Å². The van der Waals surface area contributed by atoms with E-state index in [4.69, 9.17) is 0 Å². The molecule has 0 aromatic rings. The van der Waals surface area contributed by atoms with Gasteiger partial charge < -0.3 is 9.53 Å². The first kappa shape index (κ1) is 12.6. The van der Waals surface area contributed by atoms with E-state index >= 15 is 0 Å². The number of carbonyl (C=O) groups excluding carboxylic acids is 3. The van der Waals surface area contributed by atoms with Crippen LogP contribution < -0.4 is 0 Å². The van der Waals surface area contributed by atoms with Gasteiger partial charge in [-0.05, 0) is 19.4 Å². The smallest absolute Gasteiger partial charge is 0.313 e. The SMILES string of the molecule is CCOC(=O)CC(=O)/C=C\CCC=O. The molecule has 0 aromatic heterocycles. The van der Waals surface area contributed by atoms with Gasteiger partial charge >= 0.3 is 5.97 Å². The first-order valence-electron chi connectivity index (χ1n) is 4.49. The van der Waals surface area contributed by atoms with Gasteiger partial charge in [-0.25, -0.2) is 0 Å². The highest BCUT2D eigenvalue weighted by Gasteiger charge is 2.06. The fraction of sp³-hybridized carbons (Fsp3) is 0.500. The van der Waals surface area contributed by atoms with Crippen molar-refractivity contribution < 1.29 is 19.1 Å². The zero-order valence-electron chi connectivity index (χ0n) is 8.19. The highest BCUT2D eigenvalue weighted by atomic mass is 16.5. The second-order valence-corrected chi connectivity index (χ2v) is 2.59. The van der Waals surface area contributed by atoms with Crippen LogP contribution in [0.2, 0.25) is 0 Å². The third-order valence-corrected chi connectivity index (χ3v) is 1.38. The normalized spacial score (nSPS) is 10.1. The summed E-state index contributed by atoms with van der Waals surface area (Å²) in [6, 6.07) is 0. The lowest BCUT2D eigenvalue weighted by Gasteiger charge is -1.97. The van der Waals surface area contributed by atoms with Crippen molar-refractivity contribution in [1.82, 2.24) is 0 Å². The van der Waals surface area contributed by atoms with Crippen molar-refractivity contribution in [3.8, 4) is 0 Å². The molecule has 0 aliphatic rings. The standard InChI is InChI=1S/C10H14O4/c1-2-14-10(13)8-9(12)6-4-3-5-7-11/h4,6-7H,2-3,5,8H2,1H3/b6-4-. The fourth-order valence-corrected chi connectivity index (χ4v) is 0.792. The molecular formula is C10H14O4. The van der Waals surface area contributed by atoms with Gasteiger partial charge in [0.05, 0.1) is 6.61 Å². The molecule has 0 heterocycles. The molecule has 78 valence electrons. The van der Waals surface area contributed by atoms with E-state index in [9.17, 15) is 14.4 Å². The number of aldehydes is 1. The number of hydrogen-bond donors (Lipinski definition) is 0. The number of esters is 1. The third-order valence-electron chi connectivity index (χ3n) is 1.38. The quantitative estimate of drug-likeness (QED) is 0.202. The van der Waals surface area contributed by atoms with Crippen molar-refractivity contribution in [2.24, 2.45) is 0 Å². The molecule has 0 radical (unpaired) electrons. The molecule has 0 aromatic carbocycles. The minimum absolute atomic E-state index is 0.231. The van der Waals surface area contributed by atoms with Crippen LogP contribution >= 0.6 is 0 Å². The Labute approximate surface area is 82.9 Å². The Hall–Kier alpha value is -1.45. The molecule has 0 saturated carbocycles. The van der Waals surface area contributed by atoms with Gasteiger partial charge in [-0.1, -0.05) is 6.08 Å².